The normalized spacial score (nSPS) is 15.6. The molecule has 25 heavy (non-hydrogen) atoms. The zero-order chi connectivity index (χ0) is 18.6. The van der Waals surface area contributed by atoms with Crippen LogP contribution in [0.25, 0.3) is 0 Å². The van der Waals surface area contributed by atoms with E-state index >= 15 is 0 Å². The van der Waals surface area contributed by atoms with Crippen molar-refractivity contribution in [3.63, 3.8) is 0 Å². The minimum Gasteiger partial charge on any atom is -0.494 e. The number of rotatable bonds is 4. The first-order valence-electron chi connectivity index (χ1n) is 7.22. The summed E-state index contributed by atoms with van der Waals surface area (Å²) < 4.78 is 19.7. The molecule has 1 fully saturated rings. The van der Waals surface area contributed by atoms with Crippen LogP contribution in [0, 0.1) is 0 Å². The molecular weight excluding hydrogens is 332 g/mol. The van der Waals surface area contributed by atoms with Crippen LogP contribution in [0.1, 0.15) is 13.8 Å². The maximum atomic E-state index is 11.9. The van der Waals surface area contributed by atoms with Crippen molar-refractivity contribution in [3.8, 4) is 5.75 Å². The Labute approximate surface area is 143 Å². The van der Waals surface area contributed by atoms with Crippen LogP contribution in [0.2, 0.25) is 0 Å². The summed E-state index contributed by atoms with van der Waals surface area (Å²) in [7, 11) is 2.67. The molecule has 9 nitrogen and oxygen atoms in total. The second-order valence-electron chi connectivity index (χ2n) is 5.41. The van der Waals surface area contributed by atoms with Crippen LogP contribution in [-0.2, 0) is 23.8 Å². The van der Waals surface area contributed by atoms with Crippen LogP contribution < -0.4 is 15.4 Å². The van der Waals surface area contributed by atoms with Crippen LogP contribution in [0.3, 0.4) is 0 Å². The van der Waals surface area contributed by atoms with Crippen LogP contribution in [0.15, 0.2) is 30.0 Å². The fourth-order valence-electron chi connectivity index (χ4n) is 1.98. The van der Waals surface area contributed by atoms with Gasteiger partial charge in [0.2, 0.25) is 0 Å². The first kappa shape index (κ1) is 18.1. The highest BCUT2D eigenvalue weighted by Crippen LogP contribution is 2.29. The molecule has 1 aliphatic rings. The Morgan fingerprint density at radius 1 is 1.16 bits per heavy atom. The van der Waals surface area contributed by atoms with Gasteiger partial charge in [0.1, 0.15) is 5.75 Å². The standard InChI is InChI=1S/C16H18N2O7/c1-16(2)24-13(19)10(14(20)25-16)8-17-9-5-6-11(12(7-9)22-3)18-15(21)23-4/h5-8,17H,1-4H3,(H,18,21). The van der Waals surface area contributed by atoms with Crippen molar-refractivity contribution in [2.75, 3.05) is 24.9 Å². The van der Waals surface area contributed by atoms with Crippen molar-refractivity contribution >= 4 is 29.4 Å². The molecule has 0 atom stereocenters. The van der Waals surface area contributed by atoms with E-state index in [1.54, 1.807) is 18.2 Å². The fraction of sp³-hybridized carbons (Fsp3) is 0.312. The molecule has 1 amide bonds. The minimum atomic E-state index is -1.30. The van der Waals surface area contributed by atoms with E-state index in [1.807, 2.05) is 0 Å². The van der Waals surface area contributed by atoms with Gasteiger partial charge in [-0.3, -0.25) is 5.32 Å². The first-order chi connectivity index (χ1) is 11.8. The summed E-state index contributed by atoms with van der Waals surface area (Å²) in [4.78, 5) is 35.0. The lowest BCUT2D eigenvalue weighted by molar-refractivity contribution is -0.222. The van der Waals surface area contributed by atoms with E-state index in [2.05, 4.69) is 15.4 Å². The molecule has 0 radical (unpaired) electrons. The third-order valence-electron chi connectivity index (χ3n) is 3.12. The zero-order valence-electron chi connectivity index (χ0n) is 14.2. The molecule has 2 N–H and O–H groups in total. The molecule has 1 aromatic carbocycles. The van der Waals surface area contributed by atoms with Gasteiger partial charge in [-0.05, 0) is 12.1 Å². The second kappa shape index (κ2) is 7.12. The summed E-state index contributed by atoms with van der Waals surface area (Å²) in [5.74, 6) is -2.52. The van der Waals surface area contributed by atoms with Gasteiger partial charge >= 0.3 is 18.0 Å². The Balaban J connectivity index is 2.16. The van der Waals surface area contributed by atoms with Crippen molar-refractivity contribution in [2.24, 2.45) is 0 Å². The van der Waals surface area contributed by atoms with Crippen LogP contribution in [0.4, 0.5) is 16.2 Å². The summed E-state index contributed by atoms with van der Waals surface area (Å²) in [6.07, 6.45) is 0.540. The van der Waals surface area contributed by atoms with Crippen molar-refractivity contribution in [3.05, 3.63) is 30.0 Å². The van der Waals surface area contributed by atoms with Crippen LogP contribution in [-0.4, -0.2) is 38.0 Å². The summed E-state index contributed by atoms with van der Waals surface area (Å²) in [6.45, 7) is 2.93. The summed E-state index contributed by atoms with van der Waals surface area (Å²) in [6, 6.07) is 4.73. The van der Waals surface area contributed by atoms with Crippen LogP contribution in [0.5, 0.6) is 5.75 Å². The molecule has 0 spiro atoms. The Hall–Kier alpha value is -3.23. The van der Waals surface area contributed by atoms with Gasteiger partial charge in [-0.15, -0.1) is 0 Å². The van der Waals surface area contributed by atoms with Gasteiger partial charge in [0, 0.05) is 31.8 Å². The number of benzene rings is 1. The maximum absolute atomic E-state index is 11.9. The Bertz CT molecular complexity index is 718. The van der Waals surface area contributed by atoms with Crippen molar-refractivity contribution in [1.82, 2.24) is 0 Å². The molecule has 0 bridgehead atoms. The molecule has 9 heteroatoms. The lowest BCUT2D eigenvalue weighted by atomic mass is 10.2. The monoisotopic (exact) mass is 350 g/mol. The predicted molar refractivity (Wildman–Crippen MR) is 87.0 cm³/mol. The highest BCUT2D eigenvalue weighted by atomic mass is 16.7. The number of nitrogens with one attached hydrogen (secondary N) is 2. The number of methoxy groups -OCH3 is 2. The number of ether oxygens (including phenoxy) is 4. The molecular formula is C16H18N2O7. The third kappa shape index (κ3) is 4.40. The molecule has 1 aromatic rings. The molecule has 0 saturated carbocycles. The number of esters is 2. The summed E-state index contributed by atoms with van der Waals surface area (Å²) >= 11 is 0. The maximum Gasteiger partial charge on any atom is 0.411 e. The van der Waals surface area contributed by atoms with Gasteiger partial charge in [-0.25, -0.2) is 14.4 Å². The van der Waals surface area contributed by atoms with Gasteiger partial charge in [-0.2, -0.15) is 0 Å². The largest absolute Gasteiger partial charge is 0.494 e. The lowest BCUT2D eigenvalue weighted by Crippen LogP contribution is -2.42. The van der Waals surface area contributed by atoms with Gasteiger partial charge in [0.15, 0.2) is 5.57 Å². The number of carbonyl (C=O) groups is 3. The molecule has 134 valence electrons. The van der Waals surface area contributed by atoms with Gasteiger partial charge in [0.25, 0.3) is 5.79 Å². The first-order valence-corrected chi connectivity index (χ1v) is 7.22. The molecule has 1 heterocycles. The van der Waals surface area contributed by atoms with Gasteiger partial charge in [0.05, 0.1) is 19.9 Å². The van der Waals surface area contributed by atoms with Gasteiger partial charge in [-0.1, -0.05) is 0 Å². The Morgan fingerprint density at radius 3 is 2.36 bits per heavy atom. The van der Waals surface area contributed by atoms with E-state index in [0.717, 1.165) is 0 Å². The Kier molecular flexibility index (Phi) is 5.16. The number of cyclic esters (lactones) is 2. The number of hydrogen-bond acceptors (Lipinski definition) is 8. The molecule has 0 aliphatic carbocycles. The van der Waals surface area contributed by atoms with Crippen molar-refractivity contribution in [2.45, 2.75) is 19.6 Å². The lowest BCUT2D eigenvalue weighted by Gasteiger charge is -2.29. The van der Waals surface area contributed by atoms with E-state index in [1.165, 1.54) is 34.3 Å². The summed E-state index contributed by atoms with van der Waals surface area (Å²) in [5, 5.41) is 5.27. The topological polar surface area (TPSA) is 112 Å². The number of anilines is 2. The predicted octanol–water partition coefficient (Wildman–Crippen LogP) is 2.01. The summed E-state index contributed by atoms with van der Waals surface area (Å²) in [5.41, 5.74) is 0.631. The number of hydrogen-bond donors (Lipinski definition) is 2. The van der Waals surface area contributed by atoms with E-state index in [4.69, 9.17) is 14.2 Å². The van der Waals surface area contributed by atoms with E-state index in [9.17, 15) is 14.4 Å². The second-order valence-corrected chi connectivity index (χ2v) is 5.41. The Morgan fingerprint density at radius 2 is 1.80 bits per heavy atom. The van der Waals surface area contributed by atoms with E-state index < -0.39 is 23.8 Å². The fourth-order valence-corrected chi connectivity index (χ4v) is 1.98. The highest BCUT2D eigenvalue weighted by molar-refractivity contribution is 6.15. The van der Waals surface area contributed by atoms with Crippen LogP contribution >= 0.6 is 0 Å². The molecule has 1 saturated heterocycles. The van der Waals surface area contributed by atoms with Gasteiger partial charge < -0.3 is 24.3 Å². The molecule has 0 aromatic heterocycles. The SMILES string of the molecule is COC(=O)Nc1ccc(NC=C2C(=O)OC(C)(C)OC2=O)cc1OC. The smallest absolute Gasteiger partial charge is 0.411 e. The molecule has 0 unspecified atom stereocenters. The average Bonchev–Trinajstić information content (AvgIpc) is 2.53. The number of amides is 1. The van der Waals surface area contributed by atoms with Crippen molar-refractivity contribution in [1.29, 1.82) is 0 Å². The highest BCUT2D eigenvalue weighted by Gasteiger charge is 2.38. The number of carbonyl (C=O) groups excluding carboxylic acids is 3. The molecule has 2 rings (SSSR count). The van der Waals surface area contributed by atoms with E-state index in [-0.39, 0.29) is 5.57 Å². The third-order valence-corrected chi connectivity index (χ3v) is 3.12. The molecule has 1 aliphatic heterocycles. The zero-order valence-corrected chi connectivity index (χ0v) is 14.2. The average molecular weight is 350 g/mol. The minimum absolute atomic E-state index is 0.268. The van der Waals surface area contributed by atoms with E-state index in [0.29, 0.717) is 17.1 Å². The van der Waals surface area contributed by atoms with Crippen molar-refractivity contribution < 1.29 is 33.3 Å². The quantitative estimate of drug-likeness (QED) is 0.482.